The molecule has 0 aromatic carbocycles. The van der Waals surface area contributed by atoms with E-state index in [9.17, 15) is 18.0 Å². The smallest absolute Gasteiger partial charge is 0.361 e. The summed E-state index contributed by atoms with van der Waals surface area (Å²) in [7, 11) is -3.13. The van der Waals surface area contributed by atoms with E-state index in [1.54, 1.807) is 0 Å². The number of anilines is 1. The molecule has 0 unspecified atom stereocenters. The number of hydrogen-bond donors (Lipinski definition) is 1. The lowest BCUT2D eigenvalue weighted by molar-refractivity contribution is -0.138. The first-order valence-corrected chi connectivity index (χ1v) is 9.82. The van der Waals surface area contributed by atoms with Gasteiger partial charge in [0.2, 0.25) is 0 Å². The number of hydrogen-bond acceptors (Lipinski definition) is 8. The van der Waals surface area contributed by atoms with Crippen LogP contribution >= 0.6 is 0 Å². The van der Waals surface area contributed by atoms with E-state index in [1.165, 1.54) is 17.3 Å². The molecule has 25 heavy (non-hydrogen) atoms. The van der Waals surface area contributed by atoms with Crippen LogP contribution in [0.25, 0.3) is 0 Å². The SMILES string of the molecule is CC[C@H](C)N(C(=O)COC(=O)c1nccnc1N)[C@@H]1CCS(=O)(=O)C1. The van der Waals surface area contributed by atoms with Crippen molar-refractivity contribution in [3.8, 4) is 0 Å². The van der Waals surface area contributed by atoms with Crippen LogP contribution < -0.4 is 5.73 Å². The van der Waals surface area contributed by atoms with Gasteiger partial charge in [0.15, 0.2) is 28.0 Å². The zero-order valence-corrected chi connectivity index (χ0v) is 15.0. The number of esters is 1. The predicted octanol–water partition coefficient (Wildman–Crippen LogP) is 0.0298. The van der Waals surface area contributed by atoms with E-state index in [0.717, 1.165) is 0 Å². The normalized spacial score (nSPS) is 20.0. The fourth-order valence-corrected chi connectivity index (χ4v) is 4.49. The molecule has 1 saturated heterocycles. The topological polar surface area (TPSA) is 133 Å². The van der Waals surface area contributed by atoms with Crippen molar-refractivity contribution in [2.75, 3.05) is 23.8 Å². The van der Waals surface area contributed by atoms with Gasteiger partial charge < -0.3 is 15.4 Å². The number of amides is 1. The average Bonchev–Trinajstić information content (AvgIpc) is 2.92. The highest BCUT2D eigenvalue weighted by molar-refractivity contribution is 7.91. The lowest BCUT2D eigenvalue weighted by Gasteiger charge is -2.33. The first-order chi connectivity index (χ1) is 11.7. The number of nitrogens with zero attached hydrogens (tertiary/aromatic N) is 3. The molecule has 2 atom stereocenters. The maximum atomic E-state index is 12.5. The summed E-state index contributed by atoms with van der Waals surface area (Å²) in [6.07, 6.45) is 3.68. The molecule has 2 rings (SSSR count). The van der Waals surface area contributed by atoms with Crippen LogP contribution in [0.4, 0.5) is 5.82 Å². The molecule has 0 spiro atoms. The monoisotopic (exact) mass is 370 g/mol. The van der Waals surface area contributed by atoms with Crippen LogP contribution in [0, 0.1) is 0 Å². The summed E-state index contributed by atoms with van der Waals surface area (Å²) >= 11 is 0. The maximum absolute atomic E-state index is 12.5. The average molecular weight is 370 g/mol. The Morgan fingerprint density at radius 3 is 2.64 bits per heavy atom. The second-order valence-electron chi connectivity index (χ2n) is 5.98. The summed E-state index contributed by atoms with van der Waals surface area (Å²) in [5.41, 5.74) is 5.39. The van der Waals surface area contributed by atoms with Gasteiger partial charge in [-0.3, -0.25) is 4.79 Å². The van der Waals surface area contributed by atoms with Gasteiger partial charge in [-0.05, 0) is 19.8 Å². The van der Waals surface area contributed by atoms with Crippen molar-refractivity contribution in [2.45, 2.75) is 38.8 Å². The third-order valence-electron chi connectivity index (χ3n) is 4.20. The van der Waals surface area contributed by atoms with Crippen LogP contribution in [0.3, 0.4) is 0 Å². The first-order valence-electron chi connectivity index (χ1n) is 8.00. The second-order valence-corrected chi connectivity index (χ2v) is 8.21. The molecule has 1 aromatic heterocycles. The molecule has 2 heterocycles. The molecule has 1 aromatic rings. The third kappa shape index (κ3) is 4.65. The molecule has 0 radical (unpaired) electrons. The van der Waals surface area contributed by atoms with Crippen LogP contribution in [0.1, 0.15) is 37.2 Å². The molecule has 1 fully saturated rings. The van der Waals surface area contributed by atoms with Gasteiger partial charge in [-0.1, -0.05) is 6.92 Å². The standard InChI is InChI=1S/C15H22N4O5S/c1-3-10(2)19(11-4-7-25(22,23)9-11)12(20)8-24-15(21)13-14(16)18-6-5-17-13/h5-6,10-11H,3-4,7-9H2,1-2H3,(H2,16,18)/t10-,11+/m0/s1. The Bertz CT molecular complexity index is 752. The third-order valence-corrected chi connectivity index (χ3v) is 5.95. The molecule has 1 aliphatic heterocycles. The van der Waals surface area contributed by atoms with Crippen LogP contribution in [-0.2, 0) is 19.4 Å². The van der Waals surface area contributed by atoms with Crippen molar-refractivity contribution in [1.82, 2.24) is 14.9 Å². The van der Waals surface area contributed by atoms with Gasteiger partial charge in [0.25, 0.3) is 5.91 Å². The quantitative estimate of drug-likeness (QED) is 0.694. The summed E-state index contributed by atoms with van der Waals surface area (Å²) in [6.45, 7) is 3.24. The highest BCUT2D eigenvalue weighted by Crippen LogP contribution is 2.21. The van der Waals surface area contributed by atoms with Crippen molar-refractivity contribution in [1.29, 1.82) is 0 Å². The second kappa shape index (κ2) is 7.77. The number of nitrogens with two attached hydrogens (primary N) is 1. The van der Waals surface area contributed by atoms with Crippen molar-refractivity contribution < 1.29 is 22.7 Å². The van der Waals surface area contributed by atoms with E-state index in [-0.39, 0.29) is 29.1 Å². The molecule has 0 bridgehead atoms. The molecule has 1 aliphatic rings. The highest BCUT2D eigenvalue weighted by atomic mass is 32.2. The molecular formula is C15H22N4O5S. The molecule has 0 saturated carbocycles. The van der Waals surface area contributed by atoms with E-state index in [2.05, 4.69) is 9.97 Å². The Kier molecular flexibility index (Phi) is 5.93. The molecule has 9 nitrogen and oxygen atoms in total. The van der Waals surface area contributed by atoms with Gasteiger partial charge >= 0.3 is 5.97 Å². The first kappa shape index (κ1) is 19.1. The van der Waals surface area contributed by atoms with Gasteiger partial charge in [0.1, 0.15) is 0 Å². The van der Waals surface area contributed by atoms with Gasteiger partial charge in [-0.2, -0.15) is 0 Å². The molecule has 0 aliphatic carbocycles. The Morgan fingerprint density at radius 1 is 1.40 bits per heavy atom. The Balaban J connectivity index is 2.05. The number of aromatic nitrogens is 2. The lowest BCUT2D eigenvalue weighted by Crippen LogP contribution is -2.48. The highest BCUT2D eigenvalue weighted by Gasteiger charge is 2.36. The van der Waals surface area contributed by atoms with Crippen LogP contribution in [-0.4, -0.2) is 65.4 Å². The van der Waals surface area contributed by atoms with E-state index < -0.39 is 34.4 Å². The summed E-state index contributed by atoms with van der Waals surface area (Å²) in [5.74, 6) is -1.36. The lowest BCUT2D eigenvalue weighted by atomic mass is 10.1. The number of carbonyl (C=O) groups excluding carboxylic acids is 2. The Hall–Kier alpha value is -2.23. The van der Waals surface area contributed by atoms with Crippen molar-refractivity contribution in [2.24, 2.45) is 0 Å². The molecule has 10 heteroatoms. The predicted molar refractivity (Wildman–Crippen MR) is 90.4 cm³/mol. The minimum Gasteiger partial charge on any atom is -0.451 e. The molecule has 2 N–H and O–H groups in total. The van der Waals surface area contributed by atoms with Crippen LogP contribution in [0.5, 0.6) is 0 Å². The summed E-state index contributed by atoms with van der Waals surface area (Å²) < 4.78 is 28.4. The zero-order valence-electron chi connectivity index (χ0n) is 14.2. The number of sulfone groups is 1. The molecular weight excluding hydrogens is 348 g/mol. The number of rotatable bonds is 6. The van der Waals surface area contributed by atoms with E-state index >= 15 is 0 Å². The van der Waals surface area contributed by atoms with Crippen molar-refractivity contribution >= 4 is 27.5 Å². The number of nitrogen functional groups attached to an aromatic ring is 1. The van der Waals surface area contributed by atoms with Crippen molar-refractivity contribution in [3.05, 3.63) is 18.1 Å². The zero-order chi connectivity index (χ0) is 18.6. The number of carbonyl (C=O) groups is 2. The Morgan fingerprint density at radius 2 is 2.08 bits per heavy atom. The fourth-order valence-electron chi connectivity index (χ4n) is 2.78. The minimum absolute atomic E-state index is 0.0614. The van der Waals surface area contributed by atoms with Gasteiger partial charge in [-0.15, -0.1) is 0 Å². The molecule has 138 valence electrons. The van der Waals surface area contributed by atoms with Gasteiger partial charge in [0, 0.05) is 24.5 Å². The van der Waals surface area contributed by atoms with E-state index in [1.807, 2.05) is 13.8 Å². The van der Waals surface area contributed by atoms with E-state index in [0.29, 0.717) is 12.8 Å². The summed E-state index contributed by atoms with van der Waals surface area (Å²) in [4.78, 5) is 33.6. The fraction of sp³-hybridized carbons (Fsp3) is 0.600. The summed E-state index contributed by atoms with van der Waals surface area (Å²) in [6, 6.07) is -0.557. The molecule has 1 amide bonds. The van der Waals surface area contributed by atoms with Gasteiger partial charge in [-0.25, -0.2) is 23.2 Å². The van der Waals surface area contributed by atoms with Crippen LogP contribution in [0.15, 0.2) is 12.4 Å². The largest absolute Gasteiger partial charge is 0.451 e. The van der Waals surface area contributed by atoms with Crippen molar-refractivity contribution in [3.63, 3.8) is 0 Å². The number of ether oxygens (including phenoxy) is 1. The van der Waals surface area contributed by atoms with E-state index in [4.69, 9.17) is 10.5 Å². The van der Waals surface area contributed by atoms with Gasteiger partial charge in [0.05, 0.1) is 11.5 Å². The maximum Gasteiger partial charge on any atom is 0.361 e. The minimum atomic E-state index is -3.13. The summed E-state index contributed by atoms with van der Waals surface area (Å²) in [5, 5.41) is 0. The van der Waals surface area contributed by atoms with Crippen LogP contribution in [0.2, 0.25) is 0 Å². The Labute approximate surface area is 146 Å².